The Bertz CT molecular complexity index is 113. The van der Waals surface area contributed by atoms with Crippen molar-refractivity contribution in [3.63, 3.8) is 0 Å². The van der Waals surface area contributed by atoms with Crippen LogP contribution < -0.4 is 5.32 Å². The molecule has 0 bridgehead atoms. The fraction of sp³-hybridized carbons (Fsp3) is 1.00. The second-order valence-corrected chi connectivity index (χ2v) is 3.54. The van der Waals surface area contributed by atoms with E-state index in [1.165, 1.54) is 32.2 Å². The molecule has 1 rings (SSSR count). The van der Waals surface area contributed by atoms with Crippen LogP contribution in [0.2, 0.25) is 0 Å². The smallest absolute Gasteiger partial charge is 0.0700 e. The summed E-state index contributed by atoms with van der Waals surface area (Å²) in [6.45, 7) is 3.52. The number of hydrogen-bond acceptors (Lipinski definition) is 3. The molecule has 1 unspecified atom stereocenters. The van der Waals surface area contributed by atoms with E-state index in [9.17, 15) is 0 Å². The van der Waals surface area contributed by atoms with E-state index >= 15 is 0 Å². The highest BCUT2D eigenvalue weighted by atomic mass is 16.5. The zero-order valence-electron chi connectivity index (χ0n) is 8.55. The minimum atomic E-state index is 0.710. The van der Waals surface area contributed by atoms with Crippen molar-refractivity contribution in [2.24, 2.45) is 0 Å². The fourth-order valence-electron chi connectivity index (χ4n) is 1.68. The SMILES string of the molecule is COCCOCCCC1CCCN1. The molecule has 0 saturated carbocycles. The number of rotatable bonds is 7. The quantitative estimate of drug-likeness (QED) is 0.607. The van der Waals surface area contributed by atoms with Gasteiger partial charge in [0.1, 0.15) is 0 Å². The Kier molecular flexibility index (Phi) is 6.15. The Morgan fingerprint density at radius 3 is 2.92 bits per heavy atom. The van der Waals surface area contributed by atoms with Gasteiger partial charge in [-0.25, -0.2) is 0 Å². The van der Waals surface area contributed by atoms with Gasteiger partial charge < -0.3 is 14.8 Å². The first kappa shape index (κ1) is 11.0. The van der Waals surface area contributed by atoms with Gasteiger partial charge in [0.05, 0.1) is 13.2 Å². The lowest BCUT2D eigenvalue weighted by molar-refractivity contribution is 0.0680. The van der Waals surface area contributed by atoms with Crippen LogP contribution in [0.25, 0.3) is 0 Å². The zero-order valence-corrected chi connectivity index (χ0v) is 8.55. The van der Waals surface area contributed by atoms with Crippen molar-refractivity contribution in [1.29, 1.82) is 0 Å². The van der Waals surface area contributed by atoms with Crippen LogP contribution in [-0.4, -0.2) is 39.5 Å². The molecule has 3 heteroatoms. The molecule has 0 aromatic heterocycles. The van der Waals surface area contributed by atoms with Crippen molar-refractivity contribution in [2.75, 3.05) is 33.5 Å². The van der Waals surface area contributed by atoms with Gasteiger partial charge in [0.25, 0.3) is 0 Å². The van der Waals surface area contributed by atoms with E-state index < -0.39 is 0 Å². The molecule has 0 amide bonds. The van der Waals surface area contributed by atoms with E-state index in [2.05, 4.69) is 5.32 Å². The average molecular weight is 187 g/mol. The number of nitrogens with one attached hydrogen (secondary N) is 1. The van der Waals surface area contributed by atoms with Gasteiger partial charge >= 0.3 is 0 Å². The third-order valence-electron chi connectivity index (χ3n) is 2.44. The first-order chi connectivity index (χ1) is 6.43. The van der Waals surface area contributed by atoms with Crippen LogP contribution in [-0.2, 0) is 9.47 Å². The van der Waals surface area contributed by atoms with E-state index in [1.54, 1.807) is 7.11 Å². The molecule has 1 aliphatic heterocycles. The van der Waals surface area contributed by atoms with Crippen molar-refractivity contribution in [1.82, 2.24) is 5.32 Å². The number of hydrogen-bond donors (Lipinski definition) is 1. The van der Waals surface area contributed by atoms with Gasteiger partial charge in [-0.3, -0.25) is 0 Å². The van der Waals surface area contributed by atoms with Crippen molar-refractivity contribution in [3.8, 4) is 0 Å². The number of ether oxygens (including phenoxy) is 2. The Morgan fingerprint density at radius 1 is 1.31 bits per heavy atom. The van der Waals surface area contributed by atoms with E-state index in [0.717, 1.165) is 19.3 Å². The van der Waals surface area contributed by atoms with Gasteiger partial charge in [-0.1, -0.05) is 0 Å². The van der Waals surface area contributed by atoms with Crippen molar-refractivity contribution < 1.29 is 9.47 Å². The maximum atomic E-state index is 5.38. The van der Waals surface area contributed by atoms with Crippen molar-refractivity contribution >= 4 is 0 Å². The van der Waals surface area contributed by atoms with Crippen LogP contribution in [0, 0.1) is 0 Å². The molecule has 0 aromatic rings. The molecule has 78 valence electrons. The third kappa shape index (κ3) is 5.24. The van der Waals surface area contributed by atoms with Crippen molar-refractivity contribution in [3.05, 3.63) is 0 Å². The Balaban J connectivity index is 1.78. The topological polar surface area (TPSA) is 30.5 Å². The van der Waals surface area contributed by atoms with Crippen molar-refractivity contribution in [2.45, 2.75) is 31.7 Å². The average Bonchev–Trinajstić information content (AvgIpc) is 2.63. The molecule has 13 heavy (non-hydrogen) atoms. The molecule has 0 radical (unpaired) electrons. The maximum Gasteiger partial charge on any atom is 0.0700 e. The summed E-state index contributed by atoms with van der Waals surface area (Å²) < 4.78 is 10.3. The summed E-state index contributed by atoms with van der Waals surface area (Å²) in [6.07, 6.45) is 5.11. The molecule has 0 aromatic carbocycles. The van der Waals surface area contributed by atoms with Crippen LogP contribution in [0.3, 0.4) is 0 Å². The van der Waals surface area contributed by atoms with Crippen LogP contribution in [0.4, 0.5) is 0 Å². The van der Waals surface area contributed by atoms with Gasteiger partial charge in [0, 0.05) is 19.8 Å². The minimum absolute atomic E-state index is 0.710. The summed E-state index contributed by atoms with van der Waals surface area (Å²) in [5, 5.41) is 3.48. The normalized spacial score (nSPS) is 22.4. The molecule has 1 aliphatic rings. The van der Waals surface area contributed by atoms with Gasteiger partial charge in [0.2, 0.25) is 0 Å². The molecule has 3 nitrogen and oxygen atoms in total. The zero-order chi connectivity index (χ0) is 9.36. The first-order valence-electron chi connectivity index (χ1n) is 5.23. The molecular formula is C10H21NO2. The van der Waals surface area contributed by atoms with Crippen LogP contribution in [0.5, 0.6) is 0 Å². The van der Waals surface area contributed by atoms with E-state index in [4.69, 9.17) is 9.47 Å². The lowest BCUT2D eigenvalue weighted by Crippen LogP contribution is -2.21. The van der Waals surface area contributed by atoms with E-state index in [1.807, 2.05) is 0 Å². The van der Waals surface area contributed by atoms with Gasteiger partial charge in [-0.2, -0.15) is 0 Å². The minimum Gasteiger partial charge on any atom is -0.382 e. The van der Waals surface area contributed by atoms with Crippen LogP contribution in [0.1, 0.15) is 25.7 Å². The molecule has 1 saturated heterocycles. The predicted molar refractivity (Wildman–Crippen MR) is 53.0 cm³/mol. The highest BCUT2D eigenvalue weighted by Crippen LogP contribution is 2.10. The summed E-state index contributed by atoms with van der Waals surface area (Å²) in [6, 6.07) is 0.756. The highest BCUT2D eigenvalue weighted by Gasteiger charge is 2.12. The molecular weight excluding hydrogens is 166 g/mol. The van der Waals surface area contributed by atoms with E-state index in [-0.39, 0.29) is 0 Å². The summed E-state index contributed by atoms with van der Waals surface area (Å²) in [5.41, 5.74) is 0. The third-order valence-corrected chi connectivity index (χ3v) is 2.44. The predicted octanol–water partition coefficient (Wildman–Crippen LogP) is 1.18. The molecule has 0 aliphatic carbocycles. The summed E-state index contributed by atoms with van der Waals surface area (Å²) in [7, 11) is 1.70. The summed E-state index contributed by atoms with van der Waals surface area (Å²) >= 11 is 0. The second-order valence-electron chi connectivity index (χ2n) is 3.54. The molecule has 1 fully saturated rings. The molecule has 1 N–H and O–H groups in total. The monoisotopic (exact) mass is 187 g/mol. The van der Waals surface area contributed by atoms with Crippen LogP contribution in [0.15, 0.2) is 0 Å². The molecule has 0 spiro atoms. The van der Waals surface area contributed by atoms with E-state index in [0.29, 0.717) is 6.61 Å². The molecule has 1 atom stereocenters. The van der Waals surface area contributed by atoms with Gasteiger partial charge in [-0.05, 0) is 32.2 Å². The Hall–Kier alpha value is -0.120. The summed E-state index contributed by atoms with van der Waals surface area (Å²) in [4.78, 5) is 0. The summed E-state index contributed by atoms with van der Waals surface area (Å²) in [5.74, 6) is 0. The second kappa shape index (κ2) is 7.30. The Morgan fingerprint density at radius 2 is 2.23 bits per heavy atom. The fourth-order valence-corrected chi connectivity index (χ4v) is 1.68. The van der Waals surface area contributed by atoms with Gasteiger partial charge in [-0.15, -0.1) is 0 Å². The van der Waals surface area contributed by atoms with Gasteiger partial charge in [0.15, 0.2) is 0 Å². The maximum absolute atomic E-state index is 5.38. The first-order valence-corrected chi connectivity index (χ1v) is 5.23. The molecule has 1 heterocycles. The standard InChI is InChI=1S/C10H21NO2/c1-12-8-9-13-7-3-5-10-4-2-6-11-10/h10-11H,2-9H2,1H3. The largest absolute Gasteiger partial charge is 0.382 e. The lowest BCUT2D eigenvalue weighted by atomic mass is 10.1. The Labute approximate surface area is 80.8 Å². The highest BCUT2D eigenvalue weighted by molar-refractivity contribution is 4.73. The lowest BCUT2D eigenvalue weighted by Gasteiger charge is -2.09. The van der Waals surface area contributed by atoms with Crippen LogP contribution >= 0.6 is 0 Å². The number of methoxy groups -OCH3 is 1.